The molecule has 1 aromatic heterocycles. The van der Waals surface area contributed by atoms with Gasteiger partial charge in [-0.05, 0) is 30.5 Å². The Hall–Kier alpha value is -1.99. The third-order valence-electron chi connectivity index (χ3n) is 3.14. The molecule has 0 radical (unpaired) electrons. The average Bonchev–Trinajstić information content (AvgIpc) is 2.54. The van der Waals surface area contributed by atoms with Crippen molar-refractivity contribution in [3.63, 3.8) is 0 Å². The number of aromatic nitrogens is 2. The van der Waals surface area contributed by atoms with Crippen LogP contribution in [-0.2, 0) is 6.54 Å². The van der Waals surface area contributed by atoms with Crippen LogP contribution in [0, 0.1) is 0 Å². The number of halogens is 1. The standard InChI is InChI=1S/C14H13ClN4O2S/c1-21-9-5-3-8(4-6-9)19-12-10(7-16-14(19)20)11(15)17-13(18-12)22-2/h3-6H,7H2,1-2H3,(H,16,20)/i1D3. The van der Waals surface area contributed by atoms with Crippen LogP contribution < -0.4 is 15.0 Å². The number of fused-ring (bicyclic) bond motifs is 1. The van der Waals surface area contributed by atoms with Gasteiger partial charge in [0.1, 0.15) is 10.9 Å². The number of anilines is 2. The molecule has 114 valence electrons. The van der Waals surface area contributed by atoms with Gasteiger partial charge in [0, 0.05) is 0 Å². The van der Waals surface area contributed by atoms with E-state index >= 15 is 0 Å². The van der Waals surface area contributed by atoms with Crippen molar-refractivity contribution in [1.82, 2.24) is 15.3 Å². The summed E-state index contributed by atoms with van der Waals surface area (Å²) in [4.78, 5) is 22.3. The number of methoxy groups -OCH3 is 1. The van der Waals surface area contributed by atoms with Crippen LogP contribution in [0.1, 0.15) is 9.68 Å². The summed E-state index contributed by atoms with van der Waals surface area (Å²) in [6.07, 6.45) is 1.81. The van der Waals surface area contributed by atoms with Gasteiger partial charge >= 0.3 is 6.03 Å². The van der Waals surface area contributed by atoms with Crippen LogP contribution in [0.5, 0.6) is 5.75 Å². The molecule has 0 aliphatic carbocycles. The van der Waals surface area contributed by atoms with Crippen molar-refractivity contribution in [2.45, 2.75) is 11.7 Å². The Morgan fingerprint density at radius 3 is 2.86 bits per heavy atom. The molecule has 0 spiro atoms. The van der Waals surface area contributed by atoms with E-state index in [9.17, 15) is 4.79 Å². The monoisotopic (exact) mass is 339 g/mol. The number of carbonyl (C=O) groups excluding carboxylic acids is 1. The Morgan fingerprint density at radius 1 is 1.41 bits per heavy atom. The van der Waals surface area contributed by atoms with E-state index in [1.54, 1.807) is 12.1 Å². The Bertz CT molecular complexity index is 817. The second-order valence-electron chi connectivity index (χ2n) is 4.39. The van der Waals surface area contributed by atoms with Crippen LogP contribution in [0.25, 0.3) is 0 Å². The summed E-state index contributed by atoms with van der Waals surface area (Å²) in [5.41, 5.74) is 1.11. The SMILES string of the molecule is [2H]C([2H])([2H])Oc1ccc(N2C(=O)NCc3c(Cl)nc(SC)nc32)cc1. The molecule has 2 amide bonds. The van der Waals surface area contributed by atoms with E-state index in [-0.39, 0.29) is 23.5 Å². The van der Waals surface area contributed by atoms with Crippen molar-refractivity contribution in [1.29, 1.82) is 0 Å². The number of hydrogen-bond donors (Lipinski definition) is 1. The van der Waals surface area contributed by atoms with E-state index in [4.69, 9.17) is 20.5 Å². The summed E-state index contributed by atoms with van der Waals surface area (Å²) in [7, 11) is -2.54. The van der Waals surface area contributed by atoms with Gasteiger partial charge < -0.3 is 10.1 Å². The van der Waals surface area contributed by atoms with Crippen LogP contribution in [-0.4, -0.2) is 29.3 Å². The zero-order chi connectivity index (χ0) is 18.2. The van der Waals surface area contributed by atoms with Gasteiger partial charge in [0.15, 0.2) is 11.0 Å². The summed E-state index contributed by atoms with van der Waals surface area (Å²) in [5.74, 6) is 0.574. The molecule has 0 unspecified atom stereocenters. The van der Waals surface area contributed by atoms with Crippen molar-refractivity contribution >= 4 is 40.9 Å². The minimum atomic E-state index is -2.54. The fourth-order valence-corrected chi connectivity index (χ4v) is 2.74. The smallest absolute Gasteiger partial charge is 0.327 e. The number of amides is 2. The van der Waals surface area contributed by atoms with Crippen LogP contribution in [0.3, 0.4) is 0 Å². The number of benzene rings is 1. The Kier molecular flexibility index (Phi) is 3.16. The molecule has 0 saturated carbocycles. The number of ether oxygens (including phenoxy) is 1. The number of urea groups is 1. The number of thioether (sulfide) groups is 1. The van der Waals surface area contributed by atoms with Gasteiger partial charge in [0.05, 0.1) is 28.9 Å². The predicted molar refractivity (Wildman–Crippen MR) is 86.2 cm³/mol. The maximum absolute atomic E-state index is 12.4. The summed E-state index contributed by atoms with van der Waals surface area (Å²) in [6.45, 7) is 0.235. The first-order valence-electron chi connectivity index (χ1n) is 7.76. The number of rotatable bonds is 3. The third-order valence-corrected chi connectivity index (χ3v) is 4.00. The summed E-state index contributed by atoms with van der Waals surface area (Å²) >= 11 is 7.52. The highest BCUT2D eigenvalue weighted by Crippen LogP contribution is 2.35. The van der Waals surface area contributed by atoms with Gasteiger partial charge in [0.2, 0.25) is 0 Å². The van der Waals surface area contributed by atoms with Crippen LogP contribution in [0.4, 0.5) is 16.3 Å². The normalized spacial score (nSPS) is 16.2. The average molecular weight is 340 g/mol. The molecule has 8 heteroatoms. The Balaban J connectivity index is 2.00. The Morgan fingerprint density at radius 2 is 2.18 bits per heavy atom. The lowest BCUT2D eigenvalue weighted by Crippen LogP contribution is -2.42. The molecule has 0 fully saturated rings. The zero-order valence-corrected chi connectivity index (χ0v) is 13.0. The van der Waals surface area contributed by atoms with E-state index in [1.165, 1.54) is 28.8 Å². The van der Waals surface area contributed by atoms with E-state index in [1.807, 2.05) is 6.26 Å². The number of hydrogen-bond acceptors (Lipinski definition) is 5. The lowest BCUT2D eigenvalue weighted by atomic mass is 10.2. The first kappa shape index (κ1) is 11.6. The molecule has 1 N–H and O–H groups in total. The van der Waals surface area contributed by atoms with Gasteiger partial charge in [-0.15, -0.1) is 0 Å². The lowest BCUT2D eigenvalue weighted by molar-refractivity contribution is 0.246. The molecule has 22 heavy (non-hydrogen) atoms. The quantitative estimate of drug-likeness (QED) is 0.528. The van der Waals surface area contributed by atoms with Gasteiger partial charge in [-0.25, -0.2) is 19.7 Å². The van der Waals surface area contributed by atoms with Gasteiger partial charge in [0.25, 0.3) is 0 Å². The molecule has 1 aliphatic rings. The predicted octanol–water partition coefficient (Wildman–Crippen LogP) is 3.22. The second kappa shape index (κ2) is 6.02. The third kappa shape index (κ3) is 2.57. The fourth-order valence-electron chi connectivity index (χ4n) is 2.10. The minimum absolute atomic E-state index is 0.173. The zero-order valence-electron chi connectivity index (χ0n) is 14.5. The Labute approximate surface area is 141 Å². The summed E-state index contributed by atoms with van der Waals surface area (Å²) in [6, 6.07) is 5.73. The molecule has 0 bridgehead atoms. The number of nitrogens with one attached hydrogen (secondary N) is 1. The van der Waals surface area contributed by atoms with Gasteiger partial charge in [-0.3, -0.25) is 0 Å². The molecule has 2 aromatic rings. The first-order valence-corrected chi connectivity index (χ1v) is 7.86. The highest BCUT2D eigenvalue weighted by atomic mass is 35.5. The van der Waals surface area contributed by atoms with Crippen molar-refractivity contribution < 1.29 is 13.6 Å². The molecule has 1 aromatic carbocycles. The van der Waals surface area contributed by atoms with E-state index in [2.05, 4.69) is 15.3 Å². The molecule has 0 saturated heterocycles. The fraction of sp³-hybridized carbons (Fsp3) is 0.214. The summed E-state index contributed by atoms with van der Waals surface area (Å²) in [5, 5.41) is 3.44. The highest BCUT2D eigenvalue weighted by molar-refractivity contribution is 7.98. The number of carbonyl (C=O) groups is 1. The molecular formula is C14H13ClN4O2S. The second-order valence-corrected chi connectivity index (χ2v) is 5.52. The maximum Gasteiger partial charge on any atom is 0.327 e. The topological polar surface area (TPSA) is 67.3 Å². The van der Waals surface area contributed by atoms with E-state index < -0.39 is 7.04 Å². The van der Waals surface area contributed by atoms with Crippen LogP contribution in [0.15, 0.2) is 29.4 Å². The van der Waals surface area contributed by atoms with Crippen LogP contribution in [0.2, 0.25) is 5.15 Å². The van der Waals surface area contributed by atoms with E-state index in [0.29, 0.717) is 22.2 Å². The minimum Gasteiger partial charge on any atom is -0.497 e. The van der Waals surface area contributed by atoms with Crippen molar-refractivity contribution in [3.8, 4) is 5.75 Å². The van der Waals surface area contributed by atoms with Crippen molar-refractivity contribution in [3.05, 3.63) is 35.0 Å². The highest BCUT2D eigenvalue weighted by Gasteiger charge is 2.29. The van der Waals surface area contributed by atoms with Gasteiger partial charge in [-0.1, -0.05) is 23.4 Å². The largest absolute Gasteiger partial charge is 0.497 e. The maximum atomic E-state index is 12.4. The number of nitrogens with zero attached hydrogens (tertiary/aromatic N) is 3. The van der Waals surface area contributed by atoms with E-state index in [0.717, 1.165) is 0 Å². The van der Waals surface area contributed by atoms with Gasteiger partial charge in [-0.2, -0.15) is 0 Å². The van der Waals surface area contributed by atoms with Crippen molar-refractivity contribution in [2.75, 3.05) is 18.2 Å². The first-order chi connectivity index (χ1) is 11.8. The molecule has 2 heterocycles. The van der Waals surface area contributed by atoms with Crippen molar-refractivity contribution in [2.24, 2.45) is 0 Å². The molecule has 6 nitrogen and oxygen atoms in total. The lowest BCUT2D eigenvalue weighted by Gasteiger charge is -2.29. The molecule has 0 atom stereocenters. The molecule has 1 aliphatic heterocycles. The van der Waals surface area contributed by atoms with Crippen LogP contribution >= 0.6 is 23.4 Å². The molecular weight excluding hydrogens is 324 g/mol. The molecule has 3 rings (SSSR count). The summed E-state index contributed by atoms with van der Waals surface area (Å²) < 4.78 is 26.2.